The van der Waals surface area contributed by atoms with E-state index in [-0.39, 0.29) is 10.5 Å². The maximum atomic E-state index is 11.7. The molecular formula is C11H12O5S. The van der Waals surface area contributed by atoms with Crippen LogP contribution in [0.15, 0.2) is 29.2 Å². The fourth-order valence-electron chi connectivity index (χ4n) is 1.32. The van der Waals surface area contributed by atoms with E-state index in [9.17, 15) is 18.0 Å². The monoisotopic (exact) mass is 256 g/mol. The van der Waals surface area contributed by atoms with Crippen molar-refractivity contribution in [2.75, 3.05) is 13.4 Å². The molecule has 6 heteroatoms. The van der Waals surface area contributed by atoms with Crippen LogP contribution in [-0.2, 0) is 19.4 Å². The number of methoxy groups -OCH3 is 1. The predicted molar refractivity (Wildman–Crippen MR) is 60.5 cm³/mol. The van der Waals surface area contributed by atoms with Crippen molar-refractivity contribution in [2.45, 2.75) is 11.3 Å². The lowest BCUT2D eigenvalue weighted by Gasteiger charge is -2.05. The van der Waals surface area contributed by atoms with Crippen molar-refractivity contribution in [1.82, 2.24) is 0 Å². The number of esters is 1. The van der Waals surface area contributed by atoms with E-state index in [1.165, 1.54) is 18.2 Å². The molecular weight excluding hydrogens is 244 g/mol. The van der Waals surface area contributed by atoms with E-state index in [2.05, 4.69) is 4.74 Å². The van der Waals surface area contributed by atoms with E-state index in [0.29, 0.717) is 0 Å². The van der Waals surface area contributed by atoms with Crippen molar-refractivity contribution in [3.8, 4) is 0 Å². The van der Waals surface area contributed by atoms with Crippen molar-refractivity contribution in [3.05, 3.63) is 29.8 Å². The number of carbonyl (C=O) groups is 2. The number of hydrogen-bond acceptors (Lipinski definition) is 5. The molecule has 0 saturated carbocycles. The lowest BCUT2D eigenvalue weighted by molar-refractivity contribution is -0.139. The van der Waals surface area contributed by atoms with Crippen LogP contribution in [0.5, 0.6) is 0 Å². The van der Waals surface area contributed by atoms with Crippen LogP contribution in [0.1, 0.15) is 16.8 Å². The van der Waals surface area contributed by atoms with Crippen LogP contribution >= 0.6 is 0 Å². The molecule has 0 atom stereocenters. The summed E-state index contributed by atoms with van der Waals surface area (Å²) in [7, 11) is -2.33. The van der Waals surface area contributed by atoms with Crippen molar-refractivity contribution >= 4 is 21.6 Å². The zero-order chi connectivity index (χ0) is 13.1. The Morgan fingerprint density at radius 3 is 2.35 bits per heavy atom. The van der Waals surface area contributed by atoms with Gasteiger partial charge in [0.25, 0.3) is 0 Å². The summed E-state index contributed by atoms with van der Waals surface area (Å²) < 4.78 is 27.2. The molecule has 0 spiro atoms. The van der Waals surface area contributed by atoms with Crippen LogP contribution in [-0.4, -0.2) is 33.5 Å². The van der Waals surface area contributed by atoms with Crippen LogP contribution in [0.4, 0.5) is 0 Å². The molecule has 1 rings (SSSR count). The van der Waals surface area contributed by atoms with Gasteiger partial charge in [0.2, 0.25) is 0 Å². The molecule has 0 N–H and O–H groups in total. The van der Waals surface area contributed by atoms with E-state index in [0.717, 1.165) is 13.4 Å². The van der Waals surface area contributed by atoms with Gasteiger partial charge in [-0.15, -0.1) is 0 Å². The quantitative estimate of drug-likeness (QED) is 0.453. The second-order valence-electron chi connectivity index (χ2n) is 3.44. The molecule has 0 unspecified atom stereocenters. The number of carbonyl (C=O) groups excluding carboxylic acids is 2. The maximum absolute atomic E-state index is 11.7. The second-order valence-corrected chi connectivity index (χ2v) is 5.43. The molecule has 0 aliphatic heterocycles. The minimum Gasteiger partial charge on any atom is -0.469 e. The molecule has 0 aliphatic rings. The third-order valence-corrected chi connectivity index (χ3v) is 3.27. The second kappa shape index (κ2) is 5.09. The molecule has 92 valence electrons. The molecule has 1 aromatic carbocycles. The number of rotatable bonds is 4. The molecule has 0 saturated heterocycles. The van der Waals surface area contributed by atoms with Gasteiger partial charge in [-0.25, -0.2) is 8.42 Å². The first-order valence-corrected chi connectivity index (χ1v) is 6.64. The van der Waals surface area contributed by atoms with Gasteiger partial charge < -0.3 is 4.74 Å². The Morgan fingerprint density at radius 2 is 1.82 bits per heavy atom. The van der Waals surface area contributed by atoms with Crippen molar-refractivity contribution in [2.24, 2.45) is 0 Å². The summed E-state index contributed by atoms with van der Waals surface area (Å²) in [6.07, 6.45) is 0.542. The van der Waals surface area contributed by atoms with Crippen LogP contribution < -0.4 is 0 Å². The smallest absolute Gasteiger partial charge is 0.313 e. The zero-order valence-electron chi connectivity index (χ0n) is 9.47. The fraction of sp³-hybridized carbons (Fsp3) is 0.273. The number of sulfone groups is 1. The van der Waals surface area contributed by atoms with Gasteiger partial charge in [-0.05, 0) is 6.07 Å². The average molecular weight is 256 g/mol. The Morgan fingerprint density at radius 1 is 1.24 bits per heavy atom. The first-order chi connectivity index (χ1) is 7.86. The molecule has 1 aromatic rings. The molecule has 0 heterocycles. The lowest BCUT2D eigenvalue weighted by atomic mass is 10.1. The summed E-state index contributed by atoms with van der Waals surface area (Å²) in [5.74, 6) is -1.27. The van der Waals surface area contributed by atoms with Crippen molar-refractivity contribution in [3.63, 3.8) is 0 Å². The number of benzene rings is 1. The van der Waals surface area contributed by atoms with Gasteiger partial charge in [-0.2, -0.15) is 0 Å². The van der Waals surface area contributed by atoms with Gasteiger partial charge in [0.05, 0.1) is 12.0 Å². The Balaban J connectivity index is 3.15. The summed E-state index contributed by atoms with van der Waals surface area (Å²) in [6, 6.07) is 5.77. The molecule has 0 bridgehead atoms. The van der Waals surface area contributed by atoms with Crippen LogP contribution in [0.3, 0.4) is 0 Å². The Hall–Kier alpha value is -1.69. The first kappa shape index (κ1) is 13.4. The van der Waals surface area contributed by atoms with Gasteiger partial charge in [0, 0.05) is 11.8 Å². The standard InChI is InChI=1S/C11H12O5S/c1-16-11(13)7-9(12)8-5-3-4-6-10(8)17(2,14)15/h3-6H,7H2,1-2H3. The van der Waals surface area contributed by atoms with Gasteiger partial charge in [-0.1, -0.05) is 18.2 Å². The molecule has 0 amide bonds. The highest BCUT2D eigenvalue weighted by Crippen LogP contribution is 2.17. The SMILES string of the molecule is COC(=O)CC(=O)c1ccccc1S(C)(=O)=O. The van der Waals surface area contributed by atoms with Gasteiger partial charge in [-0.3, -0.25) is 9.59 Å². The summed E-state index contributed by atoms with van der Waals surface area (Å²) in [5, 5.41) is 0. The third kappa shape index (κ3) is 3.39. The molecule has 0 fully saturated rings. The van der Waals surface area contributed by atoms with Crippen molar-refractivity contribution in [1.29, 1.82) is 0 Å². The molecule has 17 heavy (non-hydrogen) atoms. The maximum Gasteiger partial charge on any atom is 0.313 e. The molecule has 0 aromatic heterocycles. The minimum absolute atomic E-state index is 0.0143. The largest absolute Gasteiger partial charge is 0.469 e. The highest BCUT2D eigenvalue weighted by Gasteiger charge is 2.20. The summed E-state index contributed by atoms with van der Waals surface area (Å²) in [6.45, 7) is 0. The average Bonchev–Trinajstić information content (AvgIpc) is 2.27. The van der Waals surface area contributed by atoms with Crippen LogP contribution in [0.2, 0.25) is 0 Å². The lowest BCUT2D eigenvalue weighted by Crippen LogP contribution is -2.13. The van der Waals surface area contributed by atoms with Gasteiger partial charge in [0.1, 0.15) is 6.42 Å². The number of ether oxygens (including phenoxy) is 1. The van der Waals surface area contributed by atoms with E-state index in [1.807, 2.05) is 0 Å². The van der Waals surface area contributed by atoms with Crippen molar-refractivity contribution < 1.29 is 22.7 Å². The summed E-state index contributed by atoms with van der Waals surface area (Å²) in [5.41, 5.74) is 0.0143. The van der Waals surface area contributed by atoms with E-state index in [4.69, 9.17) is 0 Å². The van der Waals surface area contributed by atoms with Crippen LogP contribution in [0.25, 0.3) is 0 Å². The van der Waals surface area contributed by atoms with Gasteiger partial charge in [0.15, 0.2) is 15.6 Å². The molecule has 5 nitrogen and oxygen atoms in total. The zero-order valence-corrected chi connectivity index (χ0v) is 10.3. The third-order valence-electron chi connectivity index (χ3n) is 2.12. The Labute approximate surface area is 99.3 Å². The fourth-order valence-corrected chi connectivity index (χ4v) is 2.23. The van der Waals surface area contributed by atoms with Gasteiger partial charge >= 0.3 is 5.97 Å². The van der Waals surface area contributed by atoms with E-state index in [1.54, 1.807) is 6.07 Å². The number of Topliss-reactive ketones (excluding diaryl/α,β-unsaturated/α-hetero) is 1. The Bertz CT molecular complexity index is 545. The first-order valence-electron chi connectivity index (χ1n) is 4.75. The van der Waals surface area contributed by atoms with Crippen LogP contribution in [0, 0.1) is 0 Å². The summed E-state index contributed by atoms with van der Waals surface area (Å²) >= 11 is 0. The van der Waals surface area contributed by atoms with E-state index < -0.39 is 28.0 Å². The number of hydrogen-bond donors (Lipinski definition) is 0. The highest BCUT2D eigenvalue weighted by molar-refractivity contribution is 7.90. The summed E-state index contributed by atoms with van der Waals surface area (Å²) in [4.78, 5) is 22.6. The highest BCUT2D eigenvalue weighted by atomic mass is 32.2. The molecule has 0 radical (unpaired) electrons. The number of ketones is 1. The topological polar surface area (TPSA) is 77.5 Å². The Kier molecular flexibility index (Phi) is 4.01. The normalized spacial score (nSPS) is 10.9. The predicted octanol–water partition coefficient (Wildman–Crippen LogP) is 0.836. The van der Waals surface area contributed by atoms with E-state index >= 15 is 0 Å². The molecule has 0 aliphatic carbocycles. The minimum atomic E-state index is -3.49.